The molecule has 1 heterocycles. The van der Waals surface area contributed by atoms with E-state index in [0.717, 1.165) is 12.2 Å². The second-order valence-corrected chi connectivity index (χ2v) is 5.91. The van der Waals surface area contributed by atoms with Crippen LogP contribution in [-0.4, -0.2) is 50.4 Å². The topological polar surface area (TPSA) is 52.7 Å². The zero-order chi connectivity index (χ0) is 15.4. The minimum atomic E-state index is -0.282. The lowest BCUT2D eigenvalue weighted by Gasteiger charge is -2.17. The fourth-order valence-electron chi connectivity index (χ4n) is 2.30. The number of anilines is 1. The number of nitrogens with zero attached hydrogens (tertiary/aromatic N) is 2. The molecule has 1 unspecified atom stereocenters. The summed E-state index contributed by atoms with van der Waals surface area (Å²) in [6, 6.07) is 7.09. The number of carbonyl (C=O) groups excluding carboxylic acids is 2. The van der Waals surface area contributed by atoms with Crippen LogP contribution in [-0.2, 0) is 9.59 Å². The Morgan fingerprint density at radius 3 is 2.67 bits per heavy atom. The maximum Gasteiger partial charge on any atom is 0.227 e. The fraction of sp³-hybridized carbons (Fsp3) is 0.467. The lowest BCUT2D eigenvalue weighted by Crippen LogP contribution is -2.36. The van der Waals surface area contributed by atoms with Crippen molar-refractivity contribution in [1.82, 2.24) is 10.2 Å². The van der Waals surface area contributed by atoms with Gasteiger partial charge >= 0.3 is 0 Å². The summed E-state index contributed by atoms with van der Waals surface area (Å²) in [6.07, 6.45) is 0.260. The molecule has 1 saturated heterocycles. The molecule has 1 aromatic rings. The van der Waals surface area contributed by atoms with Gasteiger partial charge in [0.15, 0.2) is 0 Å². The van der Waals surface area contributed by atoms with E-state index in [1.54, 1.807) is 29.2 Å². The molecule has 0 saturated carbocycles. The normalized spacial score (nSPS) is 18.4. The van der Waals surface area contributed by atoms with Crippen LogP contribution in [0.5, 0.6) is 0 Å². The zero-order valence-electron chi connectivity index (χ0n) is 12.3. The van der Waals surface area contributed by atoms with Gasteiger partial charge in [-0.3, -0.25) is 9.59 Å². The molecular formula is C15H20ClN3O2. The smallest absolute Gasteiger partial charge is 0.227 e. The first-order chi connectivity index (χ1) is 9.97. The van der Waals surface area contributed by atoms with Gasteiger partial charge in [-0.1, -0.05) is 11.6 Å². The van der Waals surface area contributed by atoms with Crippen molar-refractivity contribution in [2.24, 2.45) is 5.92 Å². The third-order valence-electron chi connectivity index (χ3n) is 3.49. The molecule has 1 aliphatic rings. The quantitative estimate of drug-likeness (QED) is 0.894. The number of benzene rings is 1. The number of nitrogens with one attached hydrogen (secondary N) is 1. The third-order valence-corrected chi connectivity index (χ3v) is 3.74. The van der Waals surface area contributed by atoms with E-state index in [0.29, 0.717) is 18.1 Å². The van der Waals surface area contributed by atoms with Crippen molar-refractivity contribution in [3.8, 4) is 0 Å². The third kappa shape index (κ3) is 4.19. The summed E-state index contributed by atoms with van der Waals surface area (Å²) >= 11 is 5.85. The SMILES string of the molecule is CN(C)CCNC(=O)C1CC(=O)N(c2ccc(Cl)cc2)C1. The van der Waals surface area contributed by atoms with Crippen molar-refractivity contribution in [2.75, 3.05) is 38.6 Å². The molecule has 0 aliphatic carbocycles. The molecule has 0 spiro atoms. The van der Waals surface area contributed by atoms with Crippen molar-refractivity contribution in [3.05, 3.63) is 29.3 Å². The van der Waals surface area contributed by atoms with Gasteiger partial charge in [0.2, 0.25) is 11.8 Å². The fourth-order valence-corrected chi connectivity index (χ4v) is 2.43. The van der Waals surface area contributed by atoms with Crippen LogP contribution in [0.25, 0.3) is 0 Å². The highest BCUT2D eigenvalue weighted by molar-refractivity contribution is 6.30. The molecule has 1 aromatic carbocycles. The minimum absolute atomic E-state index is 0.0231. The number of likely N-dealkylation sites (N-methyl/N-ethyl adjacent to an activating group) is 1. The highest BCUT2D eigenvalue weighted by Crippen LogP contribution is 2.26. The van der Waals surface area contributed by atoms with Gasteiger partial charge in [-0.15, -0.1) is 0 Å². The summed E-state index contributed by atoms with van der Waals surface area (Å²) in [4.78, 5) is 27.8. The van der Waals surface area contributed by atoms with Crippen LogP contribution in [0.3, 0.4) is 0 Å². The zero-order valence-corrected chi connectivity index (χ0v) is 13.1. The summed E-state index contributed by atoms with van der Waals surface area (Å²) in [5, 5.41) is 3.51. The van der Waals surface area contributed by atoms with Crippen LogP contribution >= 0.6 is 11.6 Å². The number of rotatable bonds is 5. The van der Waals surface area contributed by atoms with Gasteiger partial charge in [-0.2, -0.15) is 0 Å². The lowest BCUT2D eigenvalue weighted by molar-refractivity contribution is -0.126. The first kappa shape index (κ1) is 15.8. The van der Waals surface area contributed by atoms with Gasteiger partial charge in [-0.05, 0) is 38.4 Å². The molecule has 2 rings (SSSR count). The summed E-state index contributed by atoms with van der Waals surface area (Å²) in [5.41, 5.74) is 0.785. The van der Waals surface area contributed by atoms with Gasteiger partial charge in [0, 0.05) is 36.8 Å². The molecule has 2 amide bonds. The molecule has 1 atom stereocenters. The maximum atomic E-state index is 12.1. The minimum Gasteiger partial charge on any atom is -0.355 e. The highest BCUT2D eigenvalue weighted by Gasteiger charge is 2.34. The molecule has 1 aliphatic heterocycles. The number of amides is 2. The van der Waals surface area contributed by atoms with Crippen molar-refractivity contribution in [2.45, 2.75) is 6.42 Å². The maximum absolute atomic E-state index is 12.1. The van der Waals surface area contributed by atoms with E-state index >= 15 is 0 Å². The van der Waals surface area contributed by atoms with E-state index in [1.807, 2.05) is 19.0 Å². The number of hydrogen-bond acceptors (Lipinski definition) is 3. The molecule has 5 nitrogen and oxygen atoms in total. The summed E-state index contributed by atoms with van der Waals surface area (Å²) in [7, 11) is 3.90. The Morgan fingerprint density at radius 1 is 1.38 bits per heavy atom. The van der Waals surface area contributed by atoms with Crippen molar-refractivity contribution >= 4 is 29.1 Å². The second kappa shape index (κ2) is 6.91. The van der Waals surface area contributed by atoms with Crippen LogP contribution in [0.2, 0.25) is 5.02 Å². The van der Waals surface area contributed by atoms with Crippen molar-refractivity contribution < 1.29 is 9.59 Å². The van der Waals surface area contributed by atoms with E-state index in [4.69, 9.17) is 11.6 Å². The van der Waals surface area contributed by atoms with E-state index in [-0.39, 0.29) is 24.2 Å². The predicted octanol–water partition coefficient (Wildman–Crippen LogP) is 1.37. The summed E-state index contributed by atoms with van der Waals surface area (Å²) < 4.78 is 0. The monoisotopic (exact) mass is 309 g/mol. The van der Waals surface area contributed by atoms with E-state index in [2.05, 4.69) is 5.32 Å². The van der Waals surface area contributed by atoms with E-state index in [9.17, 15) is 9.59 Å². The highest BCUT2D eigenvalue weighted by atomic mass is 35.5. The van der Waals surface area contributed by atoms with Crippen LogP contribution in [0.4, 0.5) is 5.69 Å². The average molecular weight is 310 g/mol. The first-order valence-electron chi connectivity index (χ1n) is 6.95. The Bertz CT molecular complexity index is 516. The van der Waals surface area contributed by atoms with Crippen LogP contribution in [0.15, 0.2) is 24.3 Å². The molecule has 21 heavy (non-hydrogen) atoms. The Balaban J connectivity index is 1.93. The van der Waals surface area contributed by atoms with Crippen molar-refractivity contribution in [1.29, 1.82) is 0 Å². The van der Waals surface area contributed by atoms with E-state index < -0.39 is 0 Å². The van der Waals surface area contributed by atoms with Gasteiger partial charge in [-0.25, -0.2) is 0 Å². The Kier molecular flexibility index (Phi) is 5.20. The first-order valence-corrected chi connectivity index (χ1v) is 7.33. The Labute approximate surface area is 129 Å². The summed E-state index contributed by atoms with van der Waals surface area (Å²) in [6.45, 7) is 1.80. The Hall–Kier alpha value is -1.59. The molecular weight excluding hydrogens is 290 g/mol. The Morgan fingerprint density at radius 2 is 2.05 bits per heavy atom. The molecule has 1 N–H and O–H groups in total. The van der Waals surface area contributed by atoms with Crippen LogP contribution < -0.4 is 10.2 Å². The van der Waals surface area contributed by atoms with Gasteiger partial charge in [0.25, 0.3) is 0 Å². The molecule has 6 heteroatoms. The molecule has 1 fully saturated rings. The molecule has 0 radical (unpaired) electrons. The van der Waals surface area contributed by atoms with Crippen molar-refractivity contribution in [3.63, 3.8) is 0 Å². The molecule has 114 valence electrons. The predicted molar refractivity (Wildman–Crippen MR) is 83.5 cm³/mol. The largest absolute Gasteiger partial charge is 0.355 e. The number of halogens is 1. The van der Waals surface area contributed by atoms with Gasteiger partial charge < -0.3 is 15.1 Å². The standard InChI is InChI=1S/C15H20ClN3O2/c1-18(2)8-7-17-15(21)11-9-14(20)19(10-11)13-5-3-12(16)4-6-13/h3-6,11H,7-10H2,1-2H3,(H,17,21). The number of carbonyl (C=O) groups is 2. The summed E-state index contributed by atoms with van der Waals surface area (Å²) in [5.74, 6) is -0.359. The lowest BCUT2D eigenvalue weighted by atomic mass is 10.1. The van der Waals surface area contributed by atoms with Crippen LogP contribution in [0, 0.1) is 5.92 Å². The van der Waals surface area contributed by atoms with Crippen LogP contribution in [0.1, 0.15) is 6.42 Å². The van der Waals surface area contributed by atoms with E-state index in [1.165, 1.54) is 0 Å². The molecule has 0 aromatic heterocycles. The number of hydrogen-bond donors (Lipinski definition) is 1. The van der Waals surface area contributed by atoms with Gasteiger partial charge in [0.05, 0.1) is 5.92 Å². The second-order valence-electron chi connectivity index (χ2n) is 5.48. The average Bonchev–Trinajstić information content (AvgIpc) is 2.81. The molecule has 0 bridgehead atoms. The van der Waals surface area contributed by atoms with Gasteiger partial charge in [0.1, 0.15) is 0 Å².